The van der Waals surface area contributed by atoms with E-state index >= 15 is 0 Å². The van der Waals surface area contributed by atoms with E-state index in [2.05, 4.69) is 26.2 Å². The molecule has 0 fully saturated rings. The standard InChI is InChI=1S/C12H13BrN2O2S/c1-17-11-3-2-8(6-9(11)13)10(16)7-18-12-14-4-5-15-12/h2-3,6H,4-5,7H2,1H3,(H,14,15). The highest BCUT2D eigenvalue weighted by molar-refractivity contribution is 9.10. The number of nitrogens with one attached hydrogen (secondary N) is 1. The minimum atomic E-state index is 0.0831. The van der Waals surface area contributed by atoms with Crippen molar-refractivity contribution in [2.24, 2.45) is 4.99 Å². The number of ketones is 1. The maximum Gasteiger partial charge on any atom is 0.173 e. The number of hydrogen-bond donors (Lipinski definition) is 1. The summed E-state index contributed by atoms with van der Waals surface area (Å²) in [6.07, 6.45) is 0. The summed E-state index contributed by atoms with van der Waals surface area (Å²) in [6, 6.07) is 5.34. The first-order valence-electron chi connectivity index (χ1n) is 5.48. The molecule has 0 aliphatic carbocycles. The number of thioether (sulfide) groups is 1. The third-order valence-electron chi connectivity index (χ3n) is 2.46. The van der Waals surface area contributed by atoms with E-state index in [0.717, 1.165) is 28.5 Å². The molecule has 1 aliphatic rings. The van der Waals surface area contributed by atoms with Crippen LogP contribution in [0.15, 0.2) is 27.7 Å². The van der Waals surface area contributed by atoms with E-state index in [1.807, 2.05) is 0 Å². The largest absolute Gasteiger partial charge is 0.496 e. The van der Waals surface area contributed by atoms with Crippen LogP contribution < -0.4 is 10.1 Å². The zero-order chi connectivity index (χ0) is 13.0. The van der Waals surface area contributed by atoms with Crippen LogP contribution in [-0.4, -0.2) is 36.9 Å². The summed E-state index contributed by atoms with van der Waals surface area (Å²) in [5.41, 5.74) is 0.675. The second-order valence-electron chi connectivity index (χ2n) is 3.67. The lowest BCUT2D eigenvalue weighted by Crippen LogP contribution is -2.17. The Hall–Kier alpha value is -1.01. The van der Waals surface area contributed by atoms with Crippen LogP contribution in [-0.2, 0) is 0 Å². The van der Waals surface area contributed by atoms with Gasteiger partial charge in [0, 0.05) is 12.1 Å². The fourth-order valence-electron chi connectivity index (χ4n) is 1.53. The first-order valence-corrected chi connectivity index (χ1v) is 7.26. The number of hydrogen-bond acceptors (Lipinski definition) is 5. The molecule has 0 aromatic heterocycles. The Kier molecular flexibility index (Phi) is 4.66. The fraction of sp³-hybridized carbons (Fsp3) is 0.333. The molecule has 1 N–H and O–H groups in total. The molecule has 1 aliphatic heterocycles. The maximum atomic E-state index is 12.0. The van der Waals surface area contributed by atoms with Crippen molar-refractivity contribution in [3.8, 4) is 5.75 Å². The van der Waals surface area contributed by atoms with Gasteiger partial charge in [0.1, 0.15) is 5.75 Å². The normalized spacial score (nSPS) is 14.0. The quantitative estimate of drug-likeness (QED) is 0.862. The summed E-state index contributed by atoms with van der Waals surface area (Å²) < 4.78 is 5.92. The molecular weight excluding hydrogens is 316 g/mol. The molecule has 0 unspecified atom stereocenters. The number of benzene rings is 1. The Labute approximate surface area is 118 Å². The van der Waals surface area contributed by atoms with Crippen LogP contribution in [0.4, 0.5) is 0 Å². The molecule has 0 amide bonds. The lowest BCUT2D eigenvalue weighted by Gasteiger charge is -2.06. The number of aliphatic imine (C=N–C) groups is 1. The van der Waals surface area contributed by atoms with Crippen LogP contribution in [0.3, 0.4) is 0 Å². The zero-order valence-corrected chi connectivity index (χ0v) is 12.3. The second kappa shape index (κ2) is 6.24. The van der Waals surface area contributed by atoms with Gasteiger partial charge in [0.25, 0.3) is 0 Å². The molecule has 1 aromatic rings. The number of carbonyl (C=O) groups is 1. The van der Waals surface area contributed by atoms with E-state index < -0.39 is 0 Å². The van der Waals surface area contributed by atoms with E-state index in [-0.39, 0.29) is 5.78 Å². The molecule has 0 bridgehead atoms. The maximum absolute atomic E-state index is 12.0. The van der Waals surface area contributed by atoms with Crippen molar-refractivity contribution >= 4 is 38.6 Å². The van der Waals surface area contributed by atoms with E-state index in [1.54, 1.807) is 25.3 Å². The van der Waals surface area contributed by atoms with E-state index in [4.69, 9.17) is 4.74 Å². The second-order valence-corrected chi connectivity index (χ2v) is 5.49. The number of amidine groups is 1. The van der Waals surface area contributed by atoms with Gasteiger partial charge in [0.2, 0.25) is 0 Å². The van der Waals surface area contributed by atoms with Crippen molar-refractivity contribution in [2.45, 2.75) is 0 Å². The molecule has 4 nitrogen and oxygen atoms in total. The minimum Gasteiger partial charge on any atom is -0.496 e. The molecule has 0 saturated heterocycles. The molecule has 0 spiro atoms. The van der Waals surface area contributed by atoms with Crippen LogP contribution in [0.5, 0.6) is 5.75 Å². The fourth-order valence-corrected chi connectivity index (χ4v) is 2.89. The van der Waals surface area contributed by atoms with E-state index in [9.17, 15) is 4.79 Å². The van der Waals surface area contributed by atoms with Gasteiger partial charge in [-0.15, -0.1) is 0 Å². The number of nitrogens with zero attached hydrogens (tertiary/aromatic N) is 1. The van der Waals surface area contributed by atoms with Crippen molar-refractivity contribution in [3.63, 3.8) is 0 Å². The van der Waals surface area contributed by atoms with Gasteiger partial charge in [-0.25, -0.2) is 0 Å². The monoisotopic (exact) mass is 328 g/mol. The average molecular weight is 329 g/mol. The van der Waals surface area contributed by atoms with Gasteiger partial charge in [-0.05, 0) is 34.1 Å². The van der Waals surface area contributed by atoms with Crippen molar-refractivity contribution in [1.82, 2.24) is 5.32 Å². The van der Waals surface area contributed by atoms with E-state index in [1.165, 1.54) is 11.8 Å². The van der Waals surface area contributed by atoms with Crippen molar-refractivity contribution < 1.29 is 9.53 Å². The first-order chi connectivity index (χ1) is 8.70. The SMILES string of the molecule is COc1ccc(C(=O)CSC2=NCCN2)cc1Br. The Morgan fingerprint density at radius 1 is 1.61 bits per heavy atom. The Balaban J connectivity index is 1.98. The third-order valence-corrected chi connectivity index (χ3v) is 4.03. The van der Waals surface area contributed by atoms with Gasteiger partial charge >= 0.3 is 0 Å². The van der Waals surface area contributed by atoms with Gasteiger partial charge in [0.15, 0.2) is 11.0 Å². The summed E-state index contributed by atoms with van der Waals surface area (Å²) in [5, 5.41) is 3.98. The molecule has 1 heterocycles. The number of ether oxygens (including phenoxy) is 1. The van der Waals surface area contributed by atoms with Crippen LogP contribution in [0, 0.1) is 0 Å². The lowest BCUT2D eigenvalue weighted by atomic mass is 10.1. The molecular formula is C12H13BrN2O2S. The number of Topliss-reactive ketones (excluding diaryl/α,β-unsaturated/α-hetero) is 1. The highest BCUT2D eigenvalue weighted by Gasteiger charge is 2.12. The zero-order valence-electron chi connectivity index (χ0n) is 9.90. The first kappa shape index (κ1) is 13.4. The van der Waals surface area contributed by atoms with Gasteiger partial charge in [0.05, 0.1) is 23.9 Å². The highest BCUT2D eigenvalue weighted by atomic mass is 79.9. The van der Waals surface area contributed by atoms with Gasteiger partial charge < -0.3 is 10.1 Å². The highest BCUT2D eigenvalue weighted by Crippen LogP contribution is 2.26. The van der Waals surface area contributed by atoms with Gasteiger partial charge in [-0.1, -0.05) is 11.8 Å². The molecule has 0 radical (unpaired) electrons. The molecule has 96 valence electrons. The average Bonchev–Trinajstić information content (AvgIpc) is 2.89. The summed E-state index contributed by atoms with van der Waals surface area (Å²) in [7, 11) is 1.60. The summed E-state index contributed by atoms with van der Waals surface area (Å²) in [5.74, 6) is 1.20. The predicted molar refractivity (Wildman–Crippen MR) is 77.8 cm³/mol. The van der Waals surface area contributed by atoms with Gasteiger partial charge in [-0.3, -0.25) is 9.79 Å². The van der Waals surface area contributed by atoms with Gasteiger partial charge in [-0.2, -0.15) is 0 Å². The summed E-state index contributed by atoms with van der Waals surface area (Å²) in [4.78, 5) is 16.2. The third kappa shape index (κ3) is 3.26. The molecule has 1 aromatic carbocycles. The van der Waals surface area contributed by atoms with Crippen molar-refractivity contribution in [2.75, 3.05) is 26.0 Å². The minimum absolute atomic E-state index is 0.0831. The van der Waals surface area contributed by atoms with Crippen molar-refractivity contribution in [1.29, 1.82) is 0 Å². The predicted octanol–water partition coefficient (Wildman–Crippen LogP) is 2.33. The number of carbonyl (C=O) groups excluding carboxylic acids is 1. The Bertz CT molecular complexity index is 491. The van der Waals surface area contributed by atoms with Crippen molar-refractivity contribution in [3.05, 3.63) is 28.2 Å². The van der Waals surface area contributed by atoms with Crippen LogP contribution in [0.1, 0.15) is 10.4 Å². The molecule has 0 saturated carbocycles. The topological polar surface area (TPSA) is 50.7 Å². The van der Waals surface area contributed by atoms with Crippen LogP contribution in [0.25, 0.3) is 0 Å². The van der Waals surface area contributed by atoms with E-state index in [0.29, 0.717) is 11.3 Å². The molecule has 0 atom stereocenters. The molecule has 2 rings (SSSR count). The lowest BCUT2D eigenvalue weighted by molar-refractivity contribution is 0.102. The number of rotatable bonds is 4. The van der Waals surface area contributed by atoms with Crippen LogP contribution in [0.2, 0.25) is 0 Å². The molecule has 6 heteroatoms. The van der Waals surface area contributed by atoms with Crippen LogP contribution >= 0.6 is 27.7 Å². The summed E-state index contributed by atoms with van der Waals surface area (Å²) in [6.45, 7) is 1.66. The Morgan fingerprint density at radius 2 is 2.44 bits per heavy atom. The summed E-state index contributed by atoms with van der Waals surface area (Å²) >= 11 is 4.82. The number of methoxy groups -OCH3 is 1. The number of halogens is 1. The Morgan fingerprint density at radius 3 is 3.06 bits per heavy atom. The smallest absolute Gasteiger partial charge is 0.173 e. The molecule has 18 heavy (non-hydrogen) atoms.